The van der Waals surface area contributed by atoms with Gasteiger partial charge in [0, 0.05) is 11.7 Å². The number of hydrogen-bond donors (Lipinski definition) is 1. The number of allylic oxidation sites excluding steroid dienone is 3. The molecule has 0 radical (unpaired) electrons. The lowest BCUT2D eigenvalue weighted by atomic mass is 9.90. The van der Waals surface area contributed by atoms with E-state index in [-0.39, 0.29) is 0 Å². The van der Waals surface area contributed by atoms with Gasteiger partial charge in [-0.05, 0) is 70.9 Å². The fraction of sp³-hybridized carbons (Fsp3) is 0.250. The number of nitrogens with one attached hydrogen (secondary N) is 1. The molecule has 0 aliphatic heterocycles. The molecule has 168 valence electrons. The molecule has 1 nitrogen and oxygen atoms in total. The lowest BCUT2D eigenvalue weighted by Crippen LogP contribution is -2.17. The van der Waals surface area contributed by atoms with Crippen LogP contribution in [0.15, 0.2) is 109 Å². The van der Waals surface area contributed by atoms with Gasteiger partial charge >= 0.3 is 0 Å². The highest BCUT2D eigenvalue weighted by atomic mass is 14.9. The predicted molar refractivity (Wildman–Crippen MR) is 144 cm³/mol. The maximum Gasteiger partial charge on any atom is 0.0482 e. The Labute approximate surface area is 199 Å². The van der Waals surface area contributed by atoms with Crippen molar-refractivity contribution in [2.24, 2.45) is 0 Å². The van der Waals surface area contributed by atoms with Crippen molar-refractivity contribution in [3.63, 3.8) is 0 Å². The Morgan fingerprint density at radius 3 is 2.18 bits per heavy atom. The molecule has 0 bridgehead atoms. The van der Waals surface area contributed by atoms with E-state index in [0.29, 0.717) is 6.04 Å². The molecule has 0 spiro atoms. The van der Waals surface area contributed by atoms with Crippen molar-refractivity contribution < 1.29 is 0 Å². The average Bonchev–Trinajstić information content (AvgIpc) is 2.86. The Hall–Kier alpha value is -3.32. The summed E-state index contributed by atoms with van der Waals surface area (Å²) >= 11 is 0. The monoisotopic (exact) mass is 433 g/mol. The molecule has 33 heavy (non-hydrogen) atoms. The third-order valence-corrected chi connectivity index (χ3v) is 6.21. The van der Waals surface area contributed by atoms with Gasteiger partial charge in [-0.3, -0.25) is 0 Å². The zero-order valence-electron chi connectivity index (χ0n) is 19.9. The molecule has 0 amide bonds. The molecule has 3 aromatic carbocycles. The summed E-state index contributed by atoms with van der Waals surface area (Å²) in [5, 5.41) is 3.61. The first-order valence-corrected chi connectivity index (χ1v) is 12.4. The molecular formula is C32H35N. The zero-order valence-corrected chi connectivity index (χ0v) is 19.9. The molecular weight excluding hydrogens is 398 g/mol. The number of anilines is 1. The number of rotatable bonds is 9. The van der Waals surface area contributed by atoms with Crippen LogP contribution in [0.4, 0.5) is 5.69 Å². The summed E-state index contributed by atoms with van der Waals surface area (Å²) in [7, 11) is 0. The van der Waals surface area contributed by atoms with Crippen molar-refractivity contribution in [1.82, 2.24) is 0 Å². The van der Waals surface area contributed by atoms with Crippen LogP contribution >= 0.6 is 0 Å². The van der Waals surface area contributed by atoms with E-state index in [1.54, 1.807) is 0 Å². The molecule has 3 aromatic rings. The number of benzene rings is 3. The topological polar surface area (TPSA) is 12.0 Å². The molecule has 0 saturated heterocycles. The molecule has 1 aliphatic rings. The minimum atomic E-state index is 0.328. The minimum absolute atomic E-state index is 0.328. The van der Waals surface area contributed by atoms with E-state index in [9.17, 15) is 0 Å². The van der Waals surface area contributed by atoms with Crippen molar-refractivity contribution in [3.05, 3.63) is 131 Å². The van der Waals surface area contributed by atoms with Crippen molar-refractivity contribution in [1.29, 1.82) is 0 Å². The van der Waals surface area contributed by atoms with Crippen LogP contribution in [-0.2, 0) is 12.8 Å². The standard InChI is InChI=1S/C32H35N/c1-3-11-26-19-20-29(24-28(26)12-4-2)32(27-13-7-5-8-14-27)23-25-17-21-31(22-18-25)33-30-15-9-6-10-16-30/h5-10,13-21,23-24,31,33H,3-4,11-12,22H2,1-2H3. The summed E-state index contributed by atoms with van der Waals surface area (Å²) in [5.74, 6) is 0. The quantitative estimate of drug-likeness (QED) is 0.357. The maximum absolute atomic E-state index is 3.61. The summed E-state index contributed by atoms with van der Waals surface area (Å²) in [4.78, 5) is 0. The molecule has 0 heterocycles. The molecule has 4 rings (SSSR count). The zero-order chi connectivity index (χ0) is 22.9. The number of para-hydroxylation sites is 1. The summed E-state index contributed by atoms with van der Waals surface area (Å²) in [6, 6.07) is 28.7. The lowest BCUT2D eigenvalue weighted by molar-refractivity contribution is 0.860. The average molecular weight is 434 g/mol. The molecule has 1 aliphatic carbocycles. The van der Waals surface area contributed by atoms with Crippen LogP contribution in [0.5, 0.6) is 0 Å². The Kier molecular flexibility index (Phi) is 7.98. The fourth-order valence-corrected chi connectivity index (χ4v) is 4.53. The van der Waals surface area contributed by atoms with Crippen molar-refractivity contribution in [2.45, 2.75) is 52.0 Å². The van der Waals surface area contributed by atoms with Crippen LogP contribution in [0.25, 0.3) is 5.57 Å². The van der Waals surface area contributed by atoms with Gasteiger partial charge in [0.15, 0.2) is 0 Å². The van der Waals surface area contributed by atoms with Crippen LogP contribution in [0.3, 0.4) is 0 Å². The van der Waals surface area contributed by atoms with Crippen molar-refractivity contribution in [2.75, 3.05) is 5.32 Å². The van der Waals surface area contributed by atoms with E-state index in [2.05, 4.69) is 122 Å². The van der Waals surface area contributed by atoms with Gasteiger partial charge in [-0.25, -0.2) is 0 Å². The van der Waals surface area contributed by atoms with E-state index in [4.69, 9.17) is 0 Å². The van der Waals surface area contributed by atoms with Gasteiger partial charge in [0.2, 0.25) is 0 Å². The second-order valence-corrected chi connectivity index (χ2v) is 8.82. The summed E-state index contributed by atoms with van der Waals surface area (Å²) in [6.45, 7) is 4.54. The SMILES string of the molecule is CCCc1ccc(C(=CC2=CCC(Nc3ccccc3)C=C2)c2ccccc2)cc1CCC. The second-order valence-electron chi connectivity index (χ2n) is 8.82. The Bertz CT molecular complexity index is 1120. The summed E-state index contributed by atoms with van der Waals surface area (Å²) < 4.78 is 0. The maximum atomic E-state index is 3.61. The molecule has 1 unspecified atom stereocenters. The first-order chi connectivity index (χ1) is 16.3. The molecule has 1 heteroatoms. The summed E-state index contributed by atoms with van der Waals surface area (Å²) in [5.41, 5.74) is 9.31. The van der Waals surface area contributed by atoms with Crippen LogP contribution in [0, 0.1) is 0 Å². The molecule has 0 fully saturated rings. The van der Waals surface area contributed by atoms with Gasteiger partial charge in [-0.15, -0.1) is 0 Å². The first kappa shape index (κ1) is 22.9. The fourth-order valence-electron chi connectivity index (χ4n) is 4.53. The highest BCUT2D eigenvalue weighted by molar-refractivity contribution is 5.82. The second kappa shape index (κ2) is 11.5. The molecule has 1 atom stereocenters. The van der Waals surface area contributed by atoms with Gasteiger partial charge in [-0.2, -0.15) is 0 Å². The van der Waals surface area contributed by atoms with Gasteiger partial charge < -0.3 is 5.32 Å². The Balaban J connectivity index is 1.62. The highest BCUT2D eigenvalue weighted by Gasteiger charge is 2.12. The number of aryl methyl sites for hydroxylation is 2. The van der Waals surface area contributed by atoms with E-state index in [1.165, 1.54) is 51.9 Å². The van der Waals surface area contributed by atoms with Gasteiger partial charge in [-0.1, -0.05) is 112 Å². The largest absolute Gasteiger partial charge is 0.379 e. The molecule has 0 saturated carbocycles. The predicted octanol–water partition coefficient (Wildman–Crippen LogP) is 8.39. The summed E-state index contributed by atoms with van der Waals surface area (Å²) in [6.07, 6.45) is 14.9. The van der Waals surface area contributed by atoms with Gasteiger partial charge in [0.05, 0.1) is 0 Å². The highest BCUT2D eigenvalue weighted by Crippen LogP contribution is 2.29. The first-order valence-electron chi connectivity index (χ1n) is 12.4. The van der Waals surface area contributed by atoms with Crippen LogP contribution < -0.4 is 5.32 Å². The lowest BCUT2D eigenvalue weighted by Gasteiger charge is -2.19. The third kappa shape index (κ3) is 6.14. The Morgan fingerprint density at radius 1 is 0.818 bits per heavy atom. The normalized spacial score (nSPS) is 15.9. The van der Waals surface area contributed by atoms with E-state index in [0.717, 1.165) is 19.3 Å². The van der Waals surface area contributed by atoms with E-state index >= 15 is 0 Å². The van der Waals surface area contributed by atoms with E-state index < -0.39 is 0 Å². The van der Waals surface area contributed by atoms with Crippen molar-refractivity contribution in [3.8, 4) is 0 Å². The van der Waals surface area contributed by atoms with E-state index in [1.807, 2.05) is 0 Å². The van der Waals surface area contributed by atoms with Gasteiger partial charge in [0.1, 0.15) is 0 Å². The molecule has 0 aromatic heterocycles. The third-order valence-electron chi connectivity index (χ3n) is 6.21. The smallest absolute Gasteiger partial charge is 0.0482 e. The van der Waals surface area contributed by atoms with Crippen LogP contribution in [0.2, 0.25) is 0 Å². The molecule has 1 N–H and O–H groups in total. The van der Waals surface area contributed by atoms with Crippen LogP contribution in [0.1, 0.15) is 55.4 Å². The minimum Gasteiger partial charge on any atom is -0.379 e. The van der Waals surface area contributed by atoms with Crippen molar-refractivity contribution >= 4 is 11.3 Å². The number of hydrogen-bond acceptors (Lipinski definition) is 1. The van der Waals surface area contributed by atoms with Crippen LogP contribution in [-0.4, -0.2) is 6.04 Å². The Morgan fingerprint density at radius 2 is 1.52 bits per heavy atom. The van der Waals surface area contributed by atoms with Gasteiger partial charge in [0.25, 0.3) is 0 Å².